The fraction of sp³-hybridized carbons (Fsp3) is 0.393. The van der Waals surface area contributed by atoms with E-state index < -0.39 is 27.8 Å². The van der Waals surface area contributed by atoms with Crippen molar-refractivity contribution in [1.82, 2.24) is 10.1 Å². The highest BCUT2D eigenvalue weighted by atomic mass is 35.5. The van der Waals surface area contributed by atoms with Gasteiger partial charge in [0.1, 0.15) is 27.6 Å². The van der Waals surface area contributed by atoms with Crippen molar-refractivity contribution < 1.29 is 32.0 Å². The van der Waals surface area contributed by atoms with Crippen LogP contribution in [0.15, 0.2) is 39.2 Å². The van der Waals surface area contributed by atoms with Gasteiger partial charge in [-0.15, -0.1) is 11.3 Å². The van der Waals surface area contributed by atoms with E-state index in [0.29, 0.717) is 62.6 Å². The molecule has 42 heavy (non-hydrogen) atoms. The SMILES string of the molecule is C.O=C(N=S(=O)=O)c1cc(F)c2nc(C3(O)CCC(OCc4c(-c5c(Cl)cccc5Cl)noc4C4CC4)CC3)sc2c1. The molecule has 14 heteroatoms. The van der Waals surface area contributed by atoms with Crippen molar-refractivity contribution in [3.63, 3.8) is 0 Å². The molecule has 2 aromatic heterocycles. The Hall–Kier alpha value is -2.74. The zero-order valence-electron chi connectivity index (χ0n) is 21.3. The number of carbonyl (C=O) groups excluding carboxylic acids is 1. The number of rotatable bonds is 7. The van der Waals surface area contributed by atoms with Crippen LogP contribution in [0.25, 0.3) is 21.5 Å². The van der Waals surface area contributed by atoms with Crippen molar-refractivity contribution in [2.75, 3.05) is 0 Å². The molecule has 2 fully saturated rings. The second kappa shape index (κ2) is 12.1. The minimum absolute atomic E-state index is 0. The van der Waals surface area contributed by atoms with Gasteiger partial charge in [-0.05, 0) is 62.8 Å². The third kappa shape index (κ3) is 6.01. The number of carbonyl (C=O) groups is 1. The molecule has 0 atom stereocenters. The van der Waals surface area contributed by atoms with E-state index in [9.17, 15) is 22.7 Å². The van der Waals surface area contributed by atoms with Gasteiger partial charge in [-0.3, -0.25) is 4.79 Å². The van der Waals surface area contributed by atoms with E-state index in [1.807, 2.05) is 0 Å². The minimum atomic E-state index is -2.95. The molecule has 2 heterocycles. The van der Waals surface area contributed by atoms with Crippen LogP contribution in [0.3, 0.4) is 0 Å². The Morgan fingerprint density at radius 3 is 2.52 bits per heavy atom. The van der Waals surface area contributed by atoms with E-state index in [1.54, 1.807) is 18.2 Å². The van der Waals surface area contributed by atoms with Gasteiger partial charge >= 0.3 is 10.5 Å². The summed E-state index contributed by atoms with van der Waals surface area (Å²) < 4.78 is 51.4. The van der Waals surface area contributed by atoms with Crippen LogP contribution in [0.2, 0.25) is 10.0 Å². The van der Waals surface area contributed by atoms with Crippen molar-refractivity contribution in [1.29, 1.82) is 0 Å². The summed E-state index contributed by atoms with van der Waals surface area (Å²) in [6, 6.07) is 7.48. The normalized spacial score (nSPS) is 20.3. The predicted octanol–water partition coefficient (Wildman–Crippen LogP) is 7.46. The van der Waals surface area contributed by atoms with Gasteiger partial charge in [0.15, 0.2) is 5.82 Å². The van der Waals surface area contributed by atoms with Crippen LogP contribution < -0.4 is 0 Å². The molecule has 9 nitrogen and oxygen atoms in total. The molecule has 0 bridgehead atoms. The first-order valence-electron chi connectivity index (χ1n) is 12.9. The average molecular weight is 655 g/mol. The number of ether oxygens (including phenoxy) is 1. The summed E-state index contributed by atoms with van der Waals surface area (Å²) in [6.07, 6.45) is 3.59. The third-order valence-electron chi connectivity index (χ3n) is 7.44. The summed E-state index contributed by atoms with van der Waals surface area (Å²) in [5.41, 5.74) is 0.484. The molecule has 0 saturated heterocycles. The first kappa shape index (κ1) is 30.7. The molecule has 222 valence electrons. The van der Waals surface area contributed by atoms with Crippen LogP contribution in [0.1, 0.15) is 78.6 Å². The number of nitrogens with zero attached hydrogens (tertiary/aromatic N) is 3. The molecule has 6 rings (SSSR count). The molecular formula is C28H26Cl2FN3O6S2. The zero-order chi connectivity index (χ0) is 28.9. The van der Waals surface area contributed by atoms with Gasteiger partial charge in [0.2, 0.25) is 0 Å². The second-order valence-corrected chi connectivity index (χ2v) is 12.7. The van der Waals surface area contributed by atoms with Crippen LogP contribution in [0.5, 0.6) is 0 Å². The fourth-order valence-electron chi connectivity index (χ4n) is 5.13. The molecule has 1 amide bonds. The number of benzene rings is 2. The first-order valence-corrected chi connectivity index (χ1v) is 15.5. The van der Waals surface area contributed by atoms with Crippen LogP contribution in [-0.2, 0) is 27.4 Å². The number of aliphatic hydroxyl groups is 1. The van der Waals surface area contributed by atoms with Gasteiger partial charge in [0, 0.05) is 22.6 Å². The largest absolute Gasteiger partial charge is 0.383 e. The molecule has 1 N–H and O–H groups in total. The van der Waals surface area contributed by atoms with Crippen molar-refractivity contribution in [2.24, 2.45) is 4.36 Å². The van der Waals surface area contributed by atoms with Gasteiger partial charge in [0.25, 0.3) is 5.91 Å². The van der Waals surface area contributed by atoms with E-state index in [4.69, 9.17) is 32.5 Å². The summed E-state index contributed by atoms with van der Waals surface area (Å²) in [7, 11) is -2.95. The van der Waals surface area contributed by atoms with Crippen molar-refractivity contribution in [3.8, 4) is 11.3 Å². The van der Waals surface area contributed by atoms with Crippen molar-refractivity contribution >= 4 is 61.2 Å². The van der Waals surface area contributed by atoms with E-state index in [2.05, 4.69) is 14.5 Å². The highest BCUT2D eigenvalue weighted by Crippen LogP contribution is 2.47. The molecule has 2 saturated carbocycles. The number of aromatic nitrogens is 2. The smallest absolute Gasteiger partial charge is 0.319 e. The van der Waals surface area contributed by atoms with Gasteiger partial charge in [0.05, 0.1) is 27.5 Å². The van der Waals surface area contributed by atoms with Gasteiger partial charge in [-0.25, -0.2) is 9.37 Å². The molecule has 0 spiro atoms. The molecule has 2 aliphatic rings. The van der Waals surface area contributed by atoms with Crippen molar-refractivity contribution in [2.45, 2.75) is 70.2 Å². The lowest BCUT2D eigenvalue weighted by molar-refractivity contribution is -0.0641. The average Bonchev–Trinajstić information content (AvgIpc) is 3.53. The quantitative estimate of drug-likeness (QED) is 0.217. The Balaban J connectivity index is 0.00000353. The summed E-state index contributed by atoms with van der Waals surface area (Å²) in [4.78, 5) is 16.3. The Kier molecular flexibility index (Phi) is 8.85. The fourth-order valence-corrected chi connectivity index (χ4v) is 7.11. The number of thiazole rings is 1. The number of amides is 1. The highest BCUT2D eigenvalue weighted by Gasteiger charge is 2.39. The molecule has 2 aliphatic carbocycles. The zero-order valence-corrected chi connectivity index (χ0v) is 24.4. The molecule has 4 aromatic rings. The lowest BCUT2D eigenvalue weighted by Gasteiger charge is -2.34. The maximum atomic E-state index is 14.7. The number of hydrogen-bond acceptors (Lipinski definition) is 9. The molecule has 0 unspecified atom stereocenters. The van der Waals surface area contributed by atoms with E-state index in [-0.39, 0.29) is 31.2 Å². The topological polar surface area (TPSA) is 132 Å². The number of halogens is 3. The van der Waals surface area contributed by atoms with E-state index in [0.717, 1.165) is 41.6 Å². The maximum Gasteiger partial charge on any atom is 0.319 e. The van der Waals surface area contributed by atoms with Crippen LogP contribution in [0.4, 0.5) is 4.39 Å². The van der Waals surface area contributed by atoms with Crippen LogP contribution >= 0.6 is 34.5 Å². The van der Waals surface area contributed by atoms with E-state index in [1.165, 1.54) is 6.07 Å². The lowest BCUT2D eigenvalue weighted by Crippen LogP contribution is -2.34. The number of fused-ring (bicyclic) bond motifs is 1. The lowest BCUT2D eigenvalue weighted by atomic mass is 9.83. The van der Waals surface area contributed by atoms with Gasteiger partial charge in [-0.2, -0.15) is 8.42 Å². The van der Waals surface area contributed by atoms with E-state index >= 15 is 0 Å². The Bertz CT molecular complexity index is 1780. The summed E-state index contributed by atoms with van der Waals surface area (Å²) >= 11 is 14.0. The Morgan fingerprint density at radius 2 is 1.88 bits per heavy atom. The standard InChI is InChI=1S/C27H22Cl2FN3O6S2.CH4/c28-17-2-1-3-18(29)21(17)22-16(24(39-32-22)13-4-5-13)12-38-15-6-8-27(35,9-7-15)26-31-23-19(30)10-14(11-20(23)40-26)25(34)33-41(36)37;/h1-3,10-11,13,15,35H,4-9,12H2;1H4. The Morgan fingerprint density at radius 1 is 1.19 bits per heavy atom. The third-order valence-corrected chi connectivity index (χ3v) is 9.58. The second-order valence-electron chi connectivity index (χ2n) is 10.2. The van der Waals surface area contributed by atoms with Gasteiger partial charge in [-0.1, -0.05) is 46.2 Å². The molecule has 2 aromatic carbocycles. The molecular weight excluding hydrogens is 628 g/mol. The summed E-state index contributed by atoms with van der Waals surface area (Å²) in [5, 5.41) is 17.0. The Labute approximate surface area is 256 Å². The summed E-state index contributed by atoms with van der Waals surface area (Å²) in [5.74, 6) is -0.801. The van der Waals surface area contributed by atoms with Gasteiger partial charge < -0.3 is 14.4 Å². The first-order chi connectivity index (χ1) is 19.6. The van der Waals surface area contributed by atoms with Crippen molar-refractivity contribution in [3.05, 3.63) is 68.1 Å². The molecule has 0 radical (unpaired) electrons. The summed E-state index contributed by atoms with van der Waals surface area (Å²) in [6.45, 7) is 0.248. The monoisotopic (exact) mass is 653 g/mol. The maximum absolute atomic E-state index is 14.7. The minimum Gasteiger partial charge on any atom is -0.383 e. The van der Waals surface area contributed by atoms with Crippen LogP contribution in [0, 0.1) is 5.82 Å². The van der Waals surface area contributed by atoms with Crippen LogP contribution in [-0.4, -0.2) is 35.7 Å². The highest BCUT2D eigenvalue weighted by molar-refractivity contribution is 7.62. The predicted molar refractivity (Wildman–Crippen MR) is 157 cm³/mol. The number of hydrogen-bond donors (Lipinski definition) is 1. The molecule has 0 aliphatic heterocycles.